The third-order valence-electron chi connectivity index (χ3n) is 4.55. The highest BCUT2D eigenvalue weighted by Gasteiger charge is 2.39. The van der Waals surface area contributed by atoms with Crippen molar-refractivity contribution in [2.45, 2.75) is 12.8 Å². The van der Waals surface area contributed by atoms with Crippen molar-refractivity contribution >= 4 is 63.4 Å². The van der Waals surface area contributed by atoms with Crippen LogP contribution in [0.25, 0.3) is 17.5 Å². The molecule has 0 spiro atoms. The van der Waals surface area contributed by atoms with Gasteiger partial charge in [0.15, 0.2) is 0 Å². The zero-order valence-corrected chi connectivity index (χ0v) is 18.2. The van der Waals surface area contributed by atoms with Gasteiger partial charge < -0.3 is 16.2 Å². The van der Waals surface area contributed by atoms with Crippen LogP contribution in [0.2, 0.25) is 0 Å². The van der Waals surface area contributed by atoms with Crippen LogP contribution >= 0.6 is 34.0 Å². The van der Waals surface area contributed by atoms with Crippen LogP contribution in [0.4, 0.5) is 0 Å². The molecule has 3 aromatic rings. The van der Waals surface area contributed by atoms with E-state index in [4.69, 9.17) is 16.2 Å². The van der Waals surface area contributed by atoms with Gasteiger partial charge >= 0.3 is 5.97 Å². The lowest BCUT2D eigenvalue weighted by atomic mass is 9.87. The summed E-state index contributed by atoms with van der Waals surface area (Å²) in [5.74, 6) is -2.24. The number of esters is 1. The van der Waals surface area contributed by atoms with E-state index in [0.29, 0.717) is 14.1 Å². The Kier molecular flexibility index (Phi) is 5.46. The maximum Gasteiger partial charge on any atom is 0.338 e. The molecular formula is C20H17N3O4S3. The van der Waals surface area contributed by atoms with E-state index in [0.717, 1.165) is 16.2 Å². The van der Waals surface area contributed by atoms with Crippen molar-refractivity contribution in [2.75, 3.05) is 6.61 Å². The van der Waals surface area contributed by atoms with Gasteiger partial charge in [-0.05, 0) is 35.9 Å². The van der Waals surface area contributed by atoms with Crippen LogP contribution < -0.4 is 26.2 Å². The molecule has 0 saturated carbocycles. The Morgan fingerprint density at radius 2 is 1.93 bits per heavy atom. The summed E-state index contributed by atoms with van der Waals surface area (Å²) >= 11 is 3.98. The predicted molar refractivity (Wildman–Crippen MR) is 119 cm³/mol. The van der Waals surface area contributed by atoms with Crippen LogP contribution in [0.1, 0.15) is 22.6 Å². The molecular weight excluding hydrogens is 442 g/mol. The molecule has 3 aromatic heterocycles. The van der Waals surface area contributed by atoms with Crippen molar-refractivity contribution in [1.82, 2.24) is 4.57 Å². The van der Waals surface area contributed by atoms with E-state index in [1.54, 1.807) is 19.1 Å². The fraction of sp³-hybridized carbons (Fsp3) is 0.150. The average Bonchev–Trinajstić information content (AvgIpc) is 3.44. The average molecular weight is 460 g/mol. The first-order valence-electron chi connectivity index (χ1n) is 8.95. The number of nitrogens with two attached hydrogens (primary N) is 2. The quantitative estimate of drug-likeness (QED) is 0.552. The summed E-state index contributed by atoms with van der Waals surface area (Å²) in [5.41, 5.74) is 11.9. The molecule has 30 heavy (non-hydrogen) atoms. The number of rotatable bonds is 5. The molecule has 0 aromatic carbocycles. The SMILES string of the molecule is CCOC(=O)C1=C(N)n2c(s/c(=C\c3cccs3)c2=O)=C(C(N)=O)C1c1cccs1. The van der Waals surface area contributed by atoms with Gasteiger partial charge in [-0.15, -0.1) is 34.0 Å². The monoisotopic (exact) mass is 459 g/mol. The molecule has 1 aliphatic heterocycles. The van der Waals surface area contributed by atoms with Crippen LogP contribution in [-0.4, -0.2) is 23.1 Å². The molecule has 4 rings (SSSR count). The molecule has 154 valence electrons. The Hall–Kier alpha value is -2.95. The number of carbonyl (C=O) groups excluding carboxylic acids is 2. The van der Waals surface area contributed by atoms with Gasteiger partial charge in [0.2, 0.25) is 5.91 Å². The fourth-order valence-electron chi connectivity index (χ4n) is 3.34. The molecule has 0 aliphatic carbocycles. The van der Waals surface area contributed by atoms with Crippen LogP contribution in [0.3, 0.4) is 0 Å². The van der Waals surface area contributed by atoms with Crippen LogP contribution in [0.5, 0.6) is 0 Å². The number of hydrogen-bond donors (Lipinski definition) is 2. The maximum absolute atomic E-state index is 13.2. The predicted octanol–water partition coefficient (Wildman–Crippen LogP) is 0.985. The van der Waals surface area contributed by atoms with Crippen LogP contribution in [0, 0.1) is 0 Å². The third kappa shape index (κ3) is 3.32. The van der Waals surface area contributed by atoms with Crippen molar-refractivity contribution < 1.29 is 14.3 Å². The molecule has 0 saturated heterocycles. The molecule has 4 heterocycles. The lowest BCUT2D eigenvalue weighted by Crippen LogP contribution is -2.42. The molecule has 1 unspecified atom stereocenters. The zero-order chi connectivity index (χ0) is 21.4. The molecule has 1 aliphatic rings. The topological polar surface area (TPSA) is 117 Å². The minimum atomic E-state index is -0.797. The van der Waals surface area contributed by atoms with Gasteiger partial charge in [0.25, 0.3) is 5.56 Å². The van der Waals surface area contributed by atoms with E-state index in [1.807, 2.05) is 29.0 Å². The van der Waals surface area contributed by atoms with E-state index >= 15 is 0 Å². The fourth-order valence-corrected chi connectivity index (χ4v) is 6.09. The number of ether oxygens (including phenoxy) is 1. The van der Waals surface area contributed by atoms with E-state index in [2.05, 4.69) is 0 Å². The number of hydrogen-bond acceptors (Lipinski definition) is 8. The molecule has 10 heteroatoms. The second-order valence-electron chi connectivity index (χ2n) is 6.32. The smallest absolute Gasteiger partial charge is 0.338 e. The Labute approximate surface area is 182 Å². The van der Waals surface area contributed by atoms with Crippen LogP contribution in [0.15, 0.2) is 45.4 Å². The van der Waals surface area contributed by atoms with Gasteiger partial charge in [0.05, 0.1) is 28.2 Å². The summed E-state index contributed by atoms with van der Waals surface area (Å²) in [4.78, 5) is 40.1. The zero-order valence-electron chi connectivity index (χ0n) is 15.8. The Morgan fingerprint density at radius 1 is 1.20 bits per heavy atom. The molecule has 1 amide bonds. The molecule has 7 nitrogen and oxygen atoms in total. The van der Waals surface area contributed by atoms with Crippen molar-refractivity contribution in [2.24, 2.45) is 11.5 Å². The maximum atomic E-state index is 13.2. The summed E-state index contributed by atoms with van der Waals surface area (Å²) in [5, 5.41) is 3.73. The Morgan fingerprint density at radius 3 is 2.53 bits per heavy atom. The molecule has 4 N–H and O–H groups in total. The van der Waals surface area contributed by atoms with Gasteiger partial charge in [-0.1, -0.05) is 12.1 Å². The van der Waals surface area contributed by atoms with Crippen molar-refractivity contribution in [3.63, 3.8) is 0 Å². The van der Waals surface area contributed by atoms with Crippen molar-refractivity contribution in [3.8, 4) is 0 Å². The summed E-state index contributed by atoms with van der Waals surface area (Å²) in [6.45, 7) is 1.80. The van der Waals surface area contributed by atoms with Gasteiger partial charge in [0.1, 0.15) is 10.5 Å². The number of fused-ring (bicyclic) bond motifs is 1. The number of amides is 1. The Bertz CT molecular complexity index is 1330. The number of thiazole rings is 1. The molecule has 0 fully saturated rings. The number of aromatic nitrogens is 1. The van der Waals surface area contributed by atoms with Gasteiger partial charge in [-0.2, -0.15) is 0 Å². The normalized spacial score (nSPS) is 16.6. The lowest BCUT2D eigenvalue weighted by Gasteiger charge is -2.25. The first-order chi connectivity index (χ1) is 14.4. The highest BCUT2D eigenvalue weighted by Crippen LogP contribution is 2.38. The lowest BCUT2D eigenvalue weighted by molar-refractivity contribution is -0.138. The highest BCUT2D eigenvalue weighted by atomic mass is 32.1. The van der Waals surface area contributed by atoms with Gasteiger partial charge in [0, 0.05) is 9.75 Å². The van der Waals surface area contributed by atoms with E-state index < -0.39 is 23.4 Å². The molecule has 0 radical (unpaired) electrons. The van der Waals surface area contributed by atoms with Gasteiger partial charge in [-0.25, -0.2) is 4.79 Å². The number of carbonyl (C=O) groups is 2. The summed E-state index contributed by atoms with van der Waals surface area (Å²) in [6.07, 6.45) is 1.74. The first-order valence-corrected chi connectivity index (χ1v) is 11.5. The third-order valence-corrected chi connectivity index (χ3v) is 7.42. The number of primary amides is 1. The summed E-state index contributed by atoms with van der Waals surface area (Å²) in [7, 11) is 0. The largest absolute Gasteiger partial charge is 0.463 e. The number of nitrogens with zero attached hydrogens (tertiary/aromatic N) is 1. The Balaban J connectivity index is 2.11. The minimum absolute atomic E-state index is 0.0427. The minimum Gasteiger partial charge on any atom is -0.463 e. The second-order valence-corrected chi connectivity index (χ2v) is 9.31. The first kappa shape index (κ1) is 20.3. The van der Waals surface area contributed by atoms with E-state index in [-0.39, 0.29) is 23.6 Å². The van der Waals surface area contributed by atoms with E-state index in [9.17, 15) is 14.4 Å². The van der Waals surface area contributed by atoms with Crippen LogP contribution in [-0.2, 0) is 14.3 Å². The van der Waals surface area contributed by atoms with Gasteiger partial charge in [-0.3, -0.25) is 14.2 Å². The summed E-state index contributed by atoms with van der Waals surface area (Å²) in [6, 6.07) is 7.36. The second kappa shape index (κ2) is 8.05. The highest BCUT2D eigenvalue weighted by molar-refractivity contribution is 7.11. The summed E-state index contributed by atoms with van der Waals surface area (Å²) < 4.78 is 7.12. The number of thiophene rings is 2. The van der Waals surface area contributed by atoms with E-state index in [1.165, 1.54) is 27.2 Å². The molecule has 0 bridgehead atoms. The van der Waals surface area contributed by atoms with Crippen molar-refractivity contribution in [1.29, 1.82) is 0 Å². The standard InChI is InChI=1S/C20H17N3O4S3/c1-2-27-20(26)14-13(11-6-4-8-29-11)15(17(22)24)19-23(16(14)21)18(25)12(30-19)9-10-5-3-7-28-10/h3-9,13H,2,21H2,1H3,(H2,22,24)/b12-9-. The molecule has 1 atom stereocenters. The van der Waals surface area contributed by atoms with Crippen molar-refractivity contribution in [3.05, 3.63) is 69.9 Å².